The highest BCUT2D eigenvalue weighted by Gasteiger charge is 2.13. The molecule has 0 aliphatic heterocycles. The maximum absolute atomic E-state index is 13.7. The summed E-state index contributed by atoms with van der Waals surface area (Å²) in [5.74, 6) is -2.52. The Balaban J connectivity index is 1.57. The van der Waals surface area contributed by atoms with Crippen molar-refractivity contribution in [1.82, 2.24) is 4.57 Å². The summed E-state index contributed by atoms with van der Waals surface area (Å²) in [6, 6.07) is 18.1. The third kappa shape index (κ3) is 3.96. The number of benzene rings is 3. The molecule has 1 aromatic heterocycles. The fourth-order valence-corrected chi connectivity index (χ4v) is 3.31. The van der Waals surface area contributed by atoms with Gasteiger partial charge in [0.05, 0.1) is 6.42 Å². The van der Waals surface area contributed by atoms with Crippen molar-refractivity contribution in [2.75, 3.05) is 0 Å². The summed E-state index contributed by atoms with van der Waals surface area (Å²) in [4.78, 5) is 11.1. The lowest BCUT2D eigenvalue weighted by atomic mass is 10.1. The molecule has 4 aromatic rings. The summed E-state index contributed by atoms with van der Waals surface area (Å²) in [7, 11) is 0. The van der Waals surface area contributed by atoms with E-state index < -0.39 is 23.4 Å². The zero-order valence-electron chi connectivity index (χ0n) is 15.3. The predicted octanol–water partition coefficient (Wildman–Crippen LogP) is 5.39. The van der Waals surface area contributed by atoms with Gasteiger partial charge in [-0.05, 0) is 41.5 Å². The van der Waals surface area contributed by atoms with Crippen molar-refractivity contribution in [3.63, 3.8) is 0 Å². The van der Waals surface area contributed by atoms with E-state index in [1.807, 2.05) is 35.0 Å². The van der Waals surface area contributed by atoms with E-state index in [0.717, 1.165) is 34.2 Å². The molecular weight excluding hydrogens is 376 g/mol. The summed E-state index contributed by atoms with van der Waals surface area (Å²) in [6.07, 6.45) is 1.80. The average Bonchev–Trinajstić information content (AvgIpc) is 3.03. The van der Waals surface area contributed by atoms with Gasteiger partial charge in [0.1, 0.15) is 5.75 Å². The SMILES string of the molecule is O=C(O)Cc1cn(Cc2ccc(Oc3c(F)cccc3F)cc2)c2ccccc12. The molecule has 0 saturated heterocycles. The van der Waals surface area contributed by atoms with Gasteiger partial charge < -0.3 is 14.4 Å². The highest BCUT2D eigenvalue weighted by molar-refractivity contribution is 5.87. The van der Waals surface area contributed by atoms with E-state index >= 15 is 0 Å². The molecule has 3 aromatic carbocycles. The zero-order valence-corrected chi connectivity index (χ0v) is 15.3. The molecule has 146 valence electrons. The van der Waals surface area contributed by atoms with Gasteiger partial charge in [-0.25, -0.2) is 8.78 Å². The van der Waals surface area contributed by atoms with E-state index in [1.54, 1.807) is 24.3 Å². The van der Waals surface area contributed by atoms with Crippen LogP contribution in [0.15, 0.2) is 72.9 Å². The van der Waals surface area contributed by atoms with Gasteiger partial charge in [0.25, 0.3) is 0 Å². The average molecular weight is 393 g/mol. The first-order valence-electron chi connectivity index (χ1n) is 9.00. The minimum atomic E-state index is -0.880. The van der Waals surface area contributed by atoms with Crippen molar-refractivity contribution in [1.29, 1.82) is 0 Å². The normalized spacial score (nSPS) is 11.0. The molecule has 0 atom stereocenters. The van der Waals surface area contributed by atoms with Crippen LogP contribution in [0.3, 0.4) is 0 Å². The lowest BCUT2D eigenvalue weighted by Crippen LogP contribution is -2.00. The molecule has 6 heteroatoms. The van der Waals surface area contributed by atoms with Crippen molar-refractivity contribution >= 4 is 16.9 Å². The van der Waals surface area contributed by atoms with Crippen molar-refractivity contribution in [3.05, 3.63) is 95.7 Å². The largest absolute Gasteiger partial charge is 0.481 e. The van der Waals surface area contributed by atoms with Crippen LogP contribution in [0, 0.1) is 11.6 Å². The lowest BCUT2D eigenvalue weighted by Gasteiger charge is -2.09. The van der Waals surface area contributed by atoms with E-state index in [9.17, 15) is 13.6 Å². The Morgan fingerprint density at radius 3 is 2.31 bits per heavy atom. The van der Waals surface area contributed by atoms with E-state index in [1.165, 1.54) is 6.07 Å². The Morgan fingerprint density at radius 2 is 1.62 bits per heavy atom. The quantitative estimate of drug-likeness (QED) is 0.478. The van der Waals surface area contributed by atoms with Crippen LogP contribution in [0.5, 0.6) is 11.5 Å². The van der Waals surface area contributed by atoms with Crippen molar-refractivity contribution in [2.45, 2.75) is 13.0 Å². The number of hydrogen-bond donors (Lipinski definition) is 1. The number of nitrogens with zero attached hydrogens (tertiary/aromatic N) is 1. The maximum atomic E-state index is 13.7. The molecule has 4 nitrogen and oxygen atoms in total. The monoisotopic (exact) mass is 393 g/mol. The van der Waals surface area contributed by atoms with Crippen LogP contribution in [0.1, 0.15) is 11.1 Å². The molecule has 0 aliphatic rings. The van der Waals surface area contributed by atoms with Crippen LogP contribution in [0.4, 0.5) is 8.78 Å². The van der Waals surface area contributed by atoms with Crippen LogP contribution >= 0.6 is 0 Å². The first-order valence-corrected chi connectivity index (χ1v) is 9.00. The minimum absolute atomic E-state index is 0.0471. The third-order valence-electron chi connectivity index (χ3n) is 4.63. The standard InChI is InChI=1S/C23H17F2NO3/c24-19-5-3-6-20(25)23(19)29-17-10-8-15(9-11-17)13-26-14-16(12-22(27)28)18-4-1-2-7-21(18)26/h1-11,14H,12-13H2,(H,27,28). The number of carboxylic acid groups (broad SMARTS) is 1. The second-order valence-electron chi connectivity index (χ2n) is 6.67. The van der Waals surface area contributed by atoms with E-state index in [2.05, 4.69) is 0 Å². The number of fused-ring (bicyclic) bond motifs is 1. The zero-order chi connectivity index (χ0) is 20.4. The third-order valence-corrected chi connectivity index (χ3v) is 4.63. The molecule has 0 saturated carbocycles. The second kappa shape index (κ2) is 7.75. The van der Waals surface area contributed by atoms with Crippen LogP contribution in [0.2, 0.25) is 0 Å². The molecule has 0 bridgehead atoms. The Labute approximate surface area is 165 Å². The number of carboxylic acids is 1. The van der Waals surface area contributed by atoms with Gasteiger partial charge >= 0.3 is 5.97 Å². The second-order valence-corrected chi connectivity index (χ2v) is 6.67. The van der Waals surface area contributed by atoms with Crippen LogP contribution in [0.25, 0.3) is 10.9 Å². The lowest BCUT2D eigenvalue weighted by molar-refractivity contribution is -0.136. The number of hydrogen-bond acceptors (Lipinski definition) is 2. The van der Waals surface area contributed by atoms with Crippen LogP contribution < -0.4 is 4.74 Å². The first kappa shape index (κ1) is 18.7. The number of rotatable bonds is 6. The molecule has 0 unspecified atom stereocenters. The van der Waals surface area contributed by atoms with Crippen molar-refractivity contribution in [3.8, 4) is 11.5 Å². The number of aliphatic carboxylic acids is 1. The van der Waals surface area contributed by atoms with Gasteiger partial charge in [-0.1, -0.05) is 36.4 Å². The Morgan fingerprint density at radius 1 is 0.931 bits per heavy atom. The molecule has 0 amide bonds. The van der Waals surface area contributed by atoms with Gasteiger partial charge in [-0.15, -0.1) is 0 Å². The fraction of sp³-hybridized carbons (Fsp3) is 0.0870. The van der Waals surface area contributed by atoms with E-state index in [-0.39, 0.29) is 6.42 Å². The summed E-state index contributed by atoms with van der Waals surface area (Å²) in [5, 5.41) is 10.0. The number of aromatic nitrogens is 1. The fourth-order valence-electron chi connectivity index (χ4n) is 3.31. The Kier molecular flexibility index (Phi) is 4.99. The van der Waals surface area contributed by atoms with Gasteiger partial charge in [-0.3, -0.25) is 4.79 Å². The van der Waals surface area contributed by atoms with Crippen LogP contribution in [-0.2, 0) is 17.8 Å². The van der Waals surface area contributed by atoms with Gasteiger partial charge in [0.15, 0.2) is 17.4 Å². The number of ether oxygens (including phenoxy) is 1. The van der Waals surface area contributed by atoms with E-state index in [0.29, 0.717) is 12.3 Å². The summed E-state index contributed by atoms with van der Waals surface area (Å²) in [6.45, 7) is 0.522. The molecule has 1 N–H and O–H groups in total. The minimum Gasteiger partial charge on any atom is -0.481 e. The summed E-state index contributed by atoms with van der Waals surface area (Å²) >= 11 is 0. The molecule has 1 heterocycles. The Bertz CT molecular complexity index is 1160. The van der Waals surface area contributed by atoms with Gasteiger partial charge in [-0.2, -0.15) is 0 Å². The Hall–Kier alpha value is -3.67. The molecule has 0 radical (unpaired) electrons. The smallest absolute Gasteiger partial charge is 0.307 e. The van der Waals surface area contributed by atoms with Crippen molar-refractivity contribution < 1.29 is 23.4 Å². The topological polar surface area (TPSA) is 51.5 Å². The first-order chi connectivity index (χ1) is 14.0. The summed E-state index contributed by atoms with van der Waals surface area (Å²) < 4.78 is 34.8. The van der Waals surface area contributed by atoms with E-state index in [4.69, 9.17) is 9.84 Å². The predicted molar refractivity (Wildman–Crippen MR) is 105 cm³/mol. The number of halogens is 2. The highest BCUT2D eigenvalue weighted by Crippen LogP contribution is 2.28. The number of para-hydroxylation sites is 2. The molecule has 4 rings (SSSR count). The van der Waals surface area contributed by atoms with Gasteiger partial charge in [0, 0.05) is 23.6 Å². The maximum Gasteiger partial charge on any atom is 0.307 e. The molecule has 29 heavy (non-hydrogen) atoms. The van der Waals surface area contributed by atoms with Gasteiger partial charge in [0.2, 0.25) is 0 Å². The molecule has 0 aliphatic carbocycles. The highest BCUT2D eigenvalue weighted by atomic mass is 19.1. The van der Waals surface area contributed by atoms with Crippen molar-refractivity contribution in [2.24, 2.45) is 0 Å². The number of carbonyl (C=O) groups is 1. The summed E-state index contributed by atoms with van der Waals surface area (Å²) in [5.41, 5.74) is 2.63. The molecule has 0 fully saturated rings. The molecular formula is C23H17F2NO3. The van der Waals surface area contributed by atoms with Crippen LogP contribution in [-0.4, -0.2) is 15.6 Å². The molecule has 0 spiro atoms.